The van der Waals surface area contributed by atoms with E-state index in [0.717, 1.165) is 27.9 Å². The molecule has 0 bridgehead atoms. The van der Waals surface area contributed by atoms with Crippen LogP contribution in [0, 0.1) is 27.7 Å². The molecule has 2 aromatic carbocycles. The highest BCUT2D eigenvalue weighted by atomic mass is 16.5. The molecule has 0 fully saturated rings. The van der Waals surface area contributed by atoms with Gasteiger partial charge in [-0.1, -0.05) is 29.8 Å². The van der Waals surface area contributed by atoms with Crippen LogP contribution in [0.2, 0.25) is 0 Å². The maximum absolute atomic E-state index is 11.8. The number of carbonyl (C=O) groups is 2. The molecule has 0 heterocycles. The second-order valence-electron chi connectivity index (χ2n) is 6.26. The smallest absolute Gasteiger partial charge is 0.276 e. The van der Waals surface area contributed by atoms with Gasteiger partial charge in [-0.25, -0.2) is 0 Å². The van der Waals surface area contributed by atoms with Crippen LogP contribution < -0.4 is 20.9 Å². The predicted molar refractivity (Wildman–Crippen MR) is 102 cm³/mol. The van der Waals surface area contributed by atoms with E-state index in [1.54, 1.807) is 0 Å². The molecule has 6 nitrogen and oxygen atoms in total. The average Bonchev–Trinajstić information content (AvgIpc) is 2.60. The lowest BCUT2D eigenvalue weighted by Crippen LogP contribution is -2.46. The van der Waals surface area contributed by atoms with Gasteiger partial charge in [0.25, 0.3) is 11.8 Å². The van der Waals surface area contributed by atoms with Crippen LogP contribution >= 0.6 is 0 Å². The van der Waals surface area contributed by atoms with Gasteiger partial charge in [-0.3, -0.25) is 20.4 Å². The minimum Gasteiger partial charge on any atom is -0.483 e. The summed E-state index contributed by atoms with van der Waals surface area (Å²) in [6.07, 6.45) is 0. The maximum Gasteiger partial charge on any atom is 0.276 e. The van der Waals surface area contributed by atoms with Crippen molar-refractivity contribution in [3.63, 3.8) is 0 Å². The minimum atomic E-state index is -0.425. The monoisotopic (exact) mass is 355 g/mol. The fraction of sp³-hybridized carbons (Fsp3) is 0.300. The maximum atomic E-state index is 11.8. The Labute approximate surface area is 153 Å². The van der Waals surface area contributed by atoms with Gasteiger partial charge in [0.05, 0.1) is 6.54 Å². The highest BCUT2D eigenvalue weighted by Crippen LogP contribution is 2.20. The molecule has 2 rings (SSSR count). The summed E-state index contributed by atoms with van der Waals surface area (Å²) >= 11 is 0. The second-order valence-corrected chi connectivity index (χ2v) is 6.26. The number of nitrogens with one attached hydrogen (secondary N) is 3. The molecule has 0 aromatic heterocycles. The van der Waals surface area contributed by atoms with Crippen molar-refractivity contribution in [2.45, 2.75) is 27.7 Å². The Morgan fingerprint density at radius 3 is 2.38 bits per heavy atom. The molecule has 3 N–H and O–H groups in total. The first-order valence-corrected chi connectivity index (χ1v) is 8.44. The number of aryl methyl sites for hydroxylation is 3. The Morgan fingerprint density at radius 2 is 1.65 bits per heavy atom. The van der Waals surface area contributed by atoms with Crippen molar-refractivity contribution in [1.29, 1.82) is 0 Å². The normalized spacial score (nSPS) is 10.2. The van der Waals surface area contributed by atoms with E-state index in [2.05, 4.69) is 16.2 Å². The predicted octanol–water partition coefficient (Wildman–Crippen LogP) is 2.56. The topological polar surface area (TPSA) is 79.5 Å². The van der Waals surface area contributed by atoms with Gasteiger partial charge in [0.15, 0.2) is 6.61 Å². The summed E-state index contributed by atoms with van der Waals surface area (Å²) in [6, 6.07) is 11.6. The van der Waals surface area contributed by atoms with E-state index in [1.165, 1.54) is 0 Å². The van der Waals surface area contributed by atoms with E-state index in [9.17, 15) is 9.59 Å². The fourth-order valence-corrected chi connectivity index (χ4v) is 2.43. The van der Waals surface area contributed by atoms with Crippen molar-refractivity contribution in [3.8, 4) is 5.75 Å². The molecule has 0 aliphatic heterocycles. The van der Waals surface area contributed by atoms with E-state index in [4.69, 9.17) is 4.74 Å². The van der Waals surface area contributed by atoms with E-state index in [0.29, 0.717) is 5.75 Å². The third-order valence-electron chi connectivity index (χ3n) is 4.08. The summed E-state index contributed by atoms with van der Waals surface area (Å²) in [4.78, 5) is 23.7. The Morgan fingerprint density at radius 1 is 0.923 bits per heavy atom. The largest absolute Gasteiger partial charge is 0.483 e. The van der Waals surface area contributed by atoms with Crippen molar-refractivity contribution in [3.05, 3.63) is 58.7 Å². The number of carbonyl (C=O) groups excluding carboxylic acids is 2. The van der Waals surface area contributed by atoms with Gasteiger partial charge in [-0.15, -0.1) is 0 Å². The van der Waals surface area contributed by atoms with Crippen molar-refractivity contribution < 1.29 is 14.3 Å². The summed E-state index contributed by atoms with van der Waals surface area (Å²) in [7, 11) is 0. The summed E-state index contributed by atoms with van der Waals surface area (Å²) in [5.41, 5.74) is 9.89. The number of rotatable bonds is 6. The van der Waals surface area contributed by atoms with Crippen molar-refractivity contribution in [2.75, 3.05) is 18.5 Å². The molecule has 0 atom stereocenters. The van der Waals surface area contributed by atoms with E-state index >= 15 is 0 Å². The van der Waals surface area contributed by atoms with Crippen molar-refractivity contribution in [1.82, 2.24) is 10.9 Å². The lowest BCUT2D eigenvalue weighted by Gasteiger charge is -2.12. The molecule has 2 aromatic rings. The zero-order chi connectivity index (χ0) is 19.1. The molecule has 0 unspecified atom stereocenters. The van der Waals surface area contributed by atoms with Gasteiger partial charge in [0.2, 0.25) is 0 Å². The number of hydrazine groups is 1. The third kappa shape index (κ3) is 5.51. The summed E-state index contributed by atoms with van der Waals surface area (Å²) < 4.78 is 5.49. The lowest BCUT2D eigenvalue weighted by atomic mass is 10.1. The second kappa shape index (κ2) is 8.89. The van der Waals surface area contributed by atoms with E-state index in [-0.39, 0.29) is 19.1 Å². The zero-order valence-electron chi connectivity index (χ0n) is 15.6. The van der Waals surface area contributed by atoms with Gasteiger partial charge in [0, 0.05) is 5.69 Å². The van der Waals surface area contributed by atoms with Crippen LogP contribution in [0.15, 0.2) is 36.4 Å². The average molecular weight is 355 g/mol. The Kier molecular flexibility index (Phi) is 6.60. The standard InChI is InChI=1S/C20H25N3O3/c1-13-8-9-17(15(3)10-13)21-11-19(24)22-23-20(25)12-26-18-7-5-6-14(2)16(18)4/h5-10,21H,11-12H2,1-4H3,(H,22,24)(H,23,25). The highest BCUT2D eigenvalue weighted by molar-refractivity contribution is 5.85. The number of amides is 2. The molecule has 2 amide bonds. The molecular weight excluding hydrogens is 330 g/mol. The highest BCUT2D eigenvalue weighted by Gasteiger charge is 2.08. The molecule has 0 saturated carbocycles. The van der Waals surface area contributed by atoms with Gasteiger partial charge in [0.1, 0.15) is 5.75 Å². The SMILES string of the molecule is Cc1ccc(NCC(=O)NNC(=O)COc2cccc(C)c2C)c(C)c1. The van der Waals surface area contributed by atoms with E-state index < -0.39 is 5.91 Å². The molecule has 138 valence electrons. The summed E-state index contributed by atoms with van der Waals surface area (Å²) in [6.45, 7) is 7.78. The van der Waals surface area contributed by atoms with Crippen LogP contribution in [0.25, 0.3) is 0 Å². The van der Waals surface area contributed by atoms with Gasteiger partial charge in [-0.2, -0.15) is 0 Å². The Balaban J connectivity index is 1.73. The van der Waals surface area contributed by atoms with Crippen molar-refractivity contribution in [2.24, 2.45) is 0 Å². The van der Waals surface area contributed by atoms with Gasteiger partial charge >= 0.3 is 0 Å². The summed E-state index contributed by atoms with van der Waals surface area (Å²) in [5, 5.41) is 3.04. The molecule has 6 heteroatoms. The van der Waals surface area contributed by atoms with Crippen LogP contribution in [-0.2, 0) is 9.59 Å². The van der Waals surface area contributed by atoms with Crippen LogP contribution in [-0.4, -0.2) is 25.0 Å². The molecule has 26 heavy (non-hydrogen) atoms. The molecule has 0 aliphatic carbocycles. The number of benzene rings is 2. The first-order valence-electron chi connectivity index (χ1n) is 8.44. The zero-order valence-corrected chi connectivity index (χ0v) is 15.6. The first-order chi connectivity index (χ1) is 12.4. The fourth-order valence-electron chi connectivity index (χ4n) is 2.43. The molecule has 0 saturated heterocycles. The van der Waals surface area contributed by atoms with Gasteiger partial charge < -0.3 is 10.1 Å². The van der Waals surface area contributed by atoms with Crippen LogP contribution in [0.1, 0.15) is 22.3 Å². The van der Waals surface area contributed by atoms with Crippen LogP contribution in [0.3, 0.4) is 0 Å². The van der Waals surface area contributed by atoms with Crippen molar-refractivity contribution >= 4 is 17.5 Å². The van der Waals surface area contributed by atoms with Gasteiger partial charge in [-0.05, 0) is 56.5 Å². The molecule has 0 aliphatic rings. The third-order valence-corrected chi connectivity index (χ3v) is 4.08. The van der Waals surface area contributed by atoms with Crippen LogP contribution in [0.5, 0.6) is 5.75 Å². The minimum absolute atomic E-state index is 0.0576. The molecular formula is C20H25N3O3. The molecule has 0 spiro atoms. The number of anilines is 1. The number of ether oxygens (including phenoxy) is 1. The van der Waals surface area contributed by atoms with Crippen LogP contribution in [0.4, 0.5) is 5.69 Å². The first kappa shape index (κ1) is 19.3. The quantitative estimate of drug-likeness (QED) is 0.696. The lowest BCUT2D eigenvalue weighted by molar-refractivity contribution is -0.129. The van der Waals surface area contributed by atoms with E-state index in [1.807, 2.05) is 64.1 Å². The molecule has 0 radical (unpaired) electrons. The number of hydrogen-bond donors (Lipinski definition) is 3. The Bertz CT molecular complexity index is 803. The Hall–Kier alpha value is -3.02. The number of hydrogen-bond acceptors (Lipinski definition) is 4. The summed E-state index contributed by atoms with van der Waals surface area (Å²) in [5.74, 6) is -0.112.